The molecule has 1 heterocycles. The fourth-order valence-electron chi connectivity index (χ4n) is 2.42. The molecule has 0 spiro atoms. The van der Waals surface area contributed by atoms with Crippen LogP contribution in [0.4, 0.5) is 10.6 Å². The van der Waals surface area contributed by atoms with E-state index in [0.29, 0.717) is 34.6 Å². The van der Waals surface area contributed by atoms with E-state index in [4.69, 9.17) is 21.1 Å². The van der Waals surface area contributed by atoms with Crippen molar-refractivity contribution in [1.82, 2.24) is 4.98 Å². The van der Waals surface area contributed by atoms with E-state index in [1.165, 1.54) is 0 Å². The van der Waals surface area contributed by atoms with Crippen molar-refractivity contribution in [2.75, 3.05) is 18.6 Å². The number of nitrogens with zero attached hydrogens (tertiary/aromatic N) is 2. The van der Waals surface area contributed by atoms with Gasteiger partial charge in [0.2, 0.25) is 0 Å². The molecule has 1 aromatic heterocycles. The van der Waals surface area contributed by atoms with Crippen LogP contribution in [0.15, 0.2) is 24.3 Å². The average Bonchev–Trinajstić information content (AvgIpc) is 2.52. The van der Waals surface area contributed by atoms with E-state index >= 15 is 0 Å². The summed E-state index contributed by atoms with van der Waals surface area (Å²) < 4.78 is 10.8. The van der Waals surface area contributed by atoms with E-state index in [0.717, 1.165) is 11.8 Å². The molecule has 1 amide bonds. The third-order valence-electron chi connectivity index (χ3n) is 3.77. The lowest BCUT2D eigenvalue weighted by molar-refractivity contribution is 0.0578. The summed E-state index contributed by atoms with van der Waals surface area (Å²) in [6.45, 7) is 10.3. The van der Waals surface area contributed by atoms with Gasteiger partial charge >= 0.3 is 6.09 Å². The van der Waals surface area contributed by atoms with Crippen molar-refractivity contribution >= 4 is 34.4 Å². The maximum Gasteiger partial charge on any atom is 0.416 e. The maximum absolute atomic E-state index is 12.7. The molecule has 0 N–H and O–H groups in total. The number of amides is 1. The summed E-state index contributed by atoms with van der Waals surface area (Å²) >= 11 is 6.22. The molecule has 0 saturated heterocycles. The highest BCUT2D eigenvalue weighted by Gasteiger charge is 2.24. The van der Waals surface area contributed by atoms with Gasteiger partial charge in [0.1, 0.15) is 17.2 Å². The van der Waals surface area contributed by atoms with Crippen molar-refractivity contribution in [1.29, 1.82) is 0 Å². The minimum atomic E-state index is -0.569. The number of fused-ring (bicyclic) bond motifs is 1. The number of rotatable bonds is 5. The molecule has 5 nitrogen and oxygen atoms in total. The van der Waals surface area contributed by atoms with Gasteiger partial charge in [-0.3, -0.25) is 4.90 Å². The zero-order chi connectivity index (χ0) is 19.5. The third kappa shape index (κ3) is 5.24. The lowest BCUT2D eigenvalue weighted by Crippen LogP contribution is -2.38. The van der Waals surface area contributed by atoms with Gasteiger partial charge in [-0.05, 0) is 57.4 Å². The Morgan fingerprint density at radius 3 is 2.54 bits per heavy atom. The molecule has 0 fully saturated rings. The number of halogens is 1. The Balaban J connectivity index is 2.40. The Bertz CT molecular complexity index is 784. The van der Waals surface area contributed by atoms with Crippen molar-refractivity contribution in [3.8, 4) is 5.75 Å². The molecule has 26 heavy (non-hydrogen) atoms. The first-order valence-corrected chi connectivity index (χ1v) is 9.13. The van der Waals surface area contributed by atoms with Gasteiger partial charge < -0.3 is 9.47 Å². The van der Waals surface area contributed by atoms with E-state index in [2.05, 4.69) is 18.8 Å². The molecule has 0 atom stereocenters. The lowest BCUT2D eigenvalue weighted by Gasteiger charge is -2.27. The normalized spacial score (nSPS) is 11.7. The van der Waals surface area contributed by atoms with Gasteiger partial charge in [-0.25, -0.2) is 9.78 Å². The Hall–Kier alpha value is -2.01. The molecule has 1 aromatic carbocycles. The van der Waals surface area contributed by atoms with Crippen LogP contribution in [0.25, 0.3) is 10.9 Å². The Morgan fingerprint density at radius 1 is 1.27 bits per heavy atom. The fraction of sp³-hybridized carbons (Fsp3) is 0.500. The number of hydrogen-bond acceptors (Lipinski definition) is 4. The molecule has 0 aliphatic rings. The number of methoxy groups -OCH3 is 1. The van der Waals surface area contributed by atoms with Crippen LogP contribution in [0, 0.1) is 5.92 Å². The predicted octanol–water partition coefficient (Wildman–Crippen LogP) is 5.68. The van der Waals surface area contributed by atoms with Crippen molar-refractivity contribution in [3.05, 3.63) is 29.3 Å². The standard InChI is InChI=1S/C20H27ClN2O3/c1-13(2)9-10-23(19(24)26-20(3,4)5)18-8-7-14-11-17(25-6)15(21)12-16(14)22-18/h7-8,11-13H,9-10H2,1-6H3. The molecule has 0 aliphatic heterocycles. The number of ether oxygens (including phenoxy) is 2. The van der Waals surface area contributed by atoms with E-state index in [9.17, 15) is 4.79 Å². The monoisotopic (exact) mass is 378 g/mol. The second-order valence-electron chi connectivity index (χ2n) is 7.66. The zero-order valence-electron chi connectivity index (χ0n) is 16.3. The highest BCUT2D eigenvalue weighted by Crippen LogP contribution is 2.30. The van der Waals surface area contributed by atoms with E-state index in [-0.39, 0.29) is 0 Å². The minimum Gasteiger partial charge on any atom is -0.495 e. The second kappa shape index (κ2) is 8.12. The second-order valence-corrected chi connectivity index (χ2v) is 8.07. The third-order valence-corrected chi connectivity index (χ3v) is 4.06. The Labute approximate surface area is 160 Å². The Morgan fingerprint density at radius 2 is 1.96 bits per heavy atom. The highest BCUT2D eigenvalue weighted by atomic mass is 35.5. The number of carbonyl (C=O) groups is 1. The number of benzene rings is 1. The maximum atomic E-state index is 12.7. The average molecular weight is 379 g/mol. The van der Waals surface area contributed by atoms with E-state index in [1.807, 2.05) is 39.0 Å². The van der Waals surface area contributed by atoms with Gasteiger partial charge in [0.05, 0.1) is 17.6 Å². The molecular weight excluding hydrogens is 352 g/mol. The zero-order valence-corrected chi connectivity index (χ0v) is 17.1. The first-order valence-electron chi connectivity index (χ1n) is 8.75. The van der Waals surface area contributed by atoms with Crippen LogP contribution in [-0.2, 0) is 4.74 Å². The fourth-order valence-corrected chi connectivity index (χ4v) is 2.66. The molecule has 0 radical (unpaired) electrons. The first-order chi connectivity index (χ1) is 12.1. The summed E-state index contributed by atoms with van der Waals surface area (Å²) in [5.41, 5.74) is 0.132. The number of pyridine rings is 1. The van der Waals surface area contributed by atoms with Gasteiger partial charge in [0, 0.05) is 11.9 Å². The summed E-state index contributed by atoms with van der Waals surface area (Å²) in [7, 11) is 1.57. The molecule has 0 saturated carbocycles. The SMILES string of the molecule is COc1cc2ccc(N(CCC(C)C)C(=O)OC(C)(C)C)nc2cc1Cl. The first kappa shape index (κ1) is 20.3. The summed E-state index contributed by atoms with van der Waals surface area (Å²) in [6.07, 6.45) is 0.451. The lowest BCUT2D eigenvalue weighted by atomic mass is 10.1. The molecule has 6 heteroatoms. The van der Waals surface area contributed by atoms with Crippen LogP contribution < -0.4 is 9.64 Å². The van der Waals surface area contributed by atoms with Crippen LogP contribution >= 0.6 is 11.6 Å². The Kier molecular flexibility index (Phi) is 6.34. The largest absolute Gasteiger partial charge is 0.495 e. The van der Waals surface area contributed by atoms with Crippen LogP contribution in [0.1, 0.15) is 41.0 Å². The van der Waals surface area contributed by atoms with Crippen LogP contribution in [0.3, 0.4) is 0 Å². The number of carbonyl (C=O) groups excluding carboxylic acids is 1. The minimum absolute atomic E-state index is 0.399. The quantitative estimate of drug-likeness (QED) is 0.671. The molecule has 0 unspecified atom stereocenters. The van der Waals surface area contributed by atoms with Crippen molar-refractivity contribution < 1.29 is 14.3 Å². The molecule has 2 rings (SSSR count). The smallest absolute Gasteiger partial charge is 0.416 e. The van der Waals surface area contributed by atoms with Crippen LogP contribution in [0.5, 0.6) is 5.75 Å². The van der Waals surface area contributed by atoms with Crippen molar-refractivity contribution in [3.63, 3.8) is 0 Å². The predicted molar refractivity (Wildman–Crippen MR) is 106 cm³/mol. The summed E-state index contributed by atoms with van der Waals surface area (Å²) in [5, 5.41) is 1.37. The molecule has 0 bridgehead atoms. The van der Waals surface area contributed by atoms with Crippen molar-refractivity contribution in [2.45, 2.75) is 46.6 Å². The van der Waals surface area contributed by atoms with Gasteiger partial charge in [-0.1, -0.05) is 25.4 Å². The number of aromatic nitrogens is 1. The molecule has 142 valence electrons. The van der Waals surface area contributed by atoms with E-state index < -0.39 is 11.7 Å². The summed E-state index contributed by atoms with van der Waals surface area (Å²) in [4.78, 5) is 18.9. The molecular formula is C20H27ClN2O3. The summed E-state index contributed by atoms with van der Waals surface area (Å²) in [5.74, 6) is 1.60. The summed E-state index contributed by atoms with van der Waals surface area (Å²) in [6, 6.07) is 7.30. The number of hydrogen-bond donors (Lipinski definition) is 0. The van der Waals surface area contributed by atoms with Gasteiger partial charge in [0.25, 0.3) is 0 Å². The van der Waals surface area contributed by atoms with Crippen LogP contribution in [0.2, 0.25) is 5.02 Å². The van der Waals surface area contributed by atoms with Gasteiger partial charge in [0.15, 0.2) is 0 Å². The van der Waals surface area contributed by atoms with E-state index in [1.54, 1.807) is 18.1 Å². The topological polar surface area (TPSA) is 51.7 Å². The van der Waals surface area contributed by atoms with Crippen molar-refractivity contribution in [2.24, 2.45) is 5.92 Å². The van der Waals surface area contributed by atoms with Crippen LogP contribution in [-0.4, -0.2) is 30.3 Å². The number of anilines is 1. The molecule has 2 aromatic rings. The molecule has 0 aliphatic carbocycles. The highest BCUT2D eigenvalue weighted by molar-refractivity contribution is 6.32. The van der Waals surface area contributed by atoms with Gasteiger partial charge in [-0.2, -0.15) is 0 Å². The van der Waals surface area contributed by atoms with Gasteiger partial charge in [-0.15, -0.1) is 0 Å².